The molecule has 0 saturated carbocycles. The van der Waals surface area contributed by atoms with Gasteiger partial charge in [0.25, 0.3) is 0 Å². The predicted molar refractivity (Wildman–Crippen MR) is 62.2 cm³/mol. The molecule has 0 aliphatic carbocycles. The molecule has 0 fully saturated rings. The molecule has 0 unspecified atom stereocenters. The van der Waals surface area contributed by atoms with Crippen LogP contribution in [0.15, 0.2) is 24.3 Å². The highest BCUT2D eigenvalue weighted by molar-refractivity contribution is 7.80. The van der Waals surface area contributed by atoms with E-state index in [1.165, 1.54) is 7.11 Å². The number of hydrogen-bond acceptors (Lipinski definition) is 3. The van der Waals surface area contributed by atoms with Gasteiger partial charge in [-0.1, -0.05) is 24.3 Å². The van der Waals surface area contributed by atoms with Gasteiger partial charge < -0.3 is 9.84 Å². The summed E-state index contributed by atoms with van der Waals surface area (Å²) in [7, 11) is 1.54. The van der Waals surface area contributed by atoms with E-state index < -0.39 is 0 Å². The lowest BCUT2D eigenvalue weighted by atomic mass is 10.1. The Labute approximate surface area is 89.6 Å². The summed E-state index contributed by atoms with van der Waals surface area (Å²) in [5.74, 6) is 1.49. The highest BCUT2D eigenvalue weighted by Gasteiger charge is 2.03. The van der Waals surface area contributed by atoms with E-state index in [-0.39, 0.29) is 5.75 Å². The number of ether oxygens (including phenoxy) is 1. The standard InChI is InChI=1S/C11H14O2S/c1-13-10-7-4-6-9(11(10)12)5-2-3-8-14/h2,4-7,12,14H,3,8H2,1H3. The molecule has 0 saturated heterocycles. The Balaban J connectivity index is 2.86. The third kappa shape index (κ3) is 2.70. The van der Waals surface area contributed by atoms with E-state index in [0.29, 0.717) is 5.75 Å². The van der Waals surface area contributed by atoms with Crippen LogP contribution >= 0.6 is 12.6 Å². The second-order valence-electron chi connectivity index (χ2n) is 2.81. The Morgan fingerprint density at radius 2 is 2.29 bits per heavy atom. The molecule has 1 rings (SSSR count). The summed E-state index contributed by atoms with van der Waals surface area (Å²) in [4.78, 5) is 0. The number of phenolic OH excluding ortho intramolecular Hbond substituents is 1. The highest BCUT2D eigenvalue weighted by atomic mass is 32.1. The summed E-state index contributed by atoms with van der Waals surface area (Å²) in [6.07, 6.45) is 4.73. The van der Waals surface area contributed by atoms with Crippen LogP contribution in [0, 0.1) is 0 Å². The number of rotatable bonds is 4. The number of thiol groups is 1. The topological polar surface area (TPSA) is 29.5 Å². The number of methoxy groups -OCH3 is 1. The predicted octanol–water partition coefficient (Wildman–Crippen LogP) is 2.73. The summed E-state index contributed by atoms with van der Waals surface area (Å²) >= 11 is 4.09. The molecule has 0 amide bonds. The van der Waals surface area contributed by atoms with Gasteiger partial charge in [-0.05, 0) is 18.2 Å². The minimum absolute atomic E-state index is 0.186. The van der Waals surface area contributed by atoms with E-state index in [0.717, 1.165) is 17.7 Å². The first kappa shape index (κ1) is 11.0. The number of aromatic hydroxyl groups is 1. The molecule has 0 aromatic heterocycles. The van der Waals surface area contributed by atoms with E-state index in [4.69, 9.17) is 4.74 Å². The molecule has 1 N–H and O–H groups in total. The van der Waals surface area contributed by atoms with Crippen LogP contribution < -0.4 is 4.74 Å². The van der Waals surface area contributed by atoms with E-state index in [9.17, 15) is 5.11 Å². The van der Waals surface area contributed by atoms with Gasteiger partial charge in [0, 0.05) is 5.56 Å². The van der Waals surface area contributed by atoms with Gasteiger partial charge in [-0.2, -0.15) is 12.6 Å². The van der Waals surface area contributed by atoms with Crippen molar-refractivity contribution in [2.45, 2.75) is 6.42 Å². The summed E-state index contributed by atoms with van der Waals surface area (Å²) in [6.45, 7) is 0. The number of benzene rings is 1. The van der Waals surface area contributed by atoms with Crippen LogP contribution in [0.25, 0.3) is 6.08 Å². The number of hydrogen-bond donors (Lipinski definition) is 2. The van der Waals surface area contributed by atoms with Crippen molar-refractivity contribution in [3.8, 4) is 11.5 Å². The monoisotopic (exact) mass is 210 g/mol. The van der Waals surface area contributed by atoms with E-state index >= 15 is 0 Å². The average molecular weight is 210 g/mol. The molecule has 3 heteroatoms. The van der Waals surface area contributed by atoms with Crippen molar-refractivity contribution in [2.75, 3.05) is 12.9 Å². The van der Waals surface area contributed by atoms with Crippen molar-refractivity contribution in [2.24, 2.45) is 0 Å². The fraction of sp³-hybridized carbons (Fsp3) is 0.273. The second kappa shape index (κ2) is 5.60. The maximum Gasteiger partial charge on any atom is 0.165 e. The van der Waals surface area contributed by atoms with Gasteiger partial charge in [0.05, 0.1) is 7.11 Å². The van der Waals surface area contributed by atoms with Crippen molar-refractivity contribution in [3.05, 3.63) is 29.8 Å². The Bertz CT molecular complexity index is 321. The molecule has 1 aromatic carbocycles. The van der Waals surface area contributed by atoms with Crippen molar-refractivity contribution < 1.29 is 9.84 Å². The first-order valence-electron chi connectivity index (χ1n) is 4.43. The van der Waals surface area contributed by atoms with Crippen molar-refractivity contribution >= 4 is 18.7 Å². The van der Waals surface area contributed by atoms with Gasteiger partial charge in [-0.3, -0.25) is 0 Å². The van der Waals surface area contributed by atoms with Crippen molar-refractivity contribution in [1.29, 1.82) is 0 Å². The van der Waals surface area contributed by atoms with E-state index in [1.54, 1.807) is 6.07 Å². The average Bonchev–Trinajstić information content (AvgIpc) is 2.21. The van der Waals surface area contributed by atoms with E-state index in [1.807, 2.05) is 24.3 Å². The molecule has 1 aromatic rings. The second-order valence-corrected chi connectivity index (χ2v) is 3.26. The zero-order valence-electron chi connectivity index (χ0n) is 8.10. The van der Waals surface area contributed by atoms with Gasteiger partial charge in [-0.15, -0.1) is 0 Å². The Morgan fingerprint density at radius 3 is 2.93 bits per heavy atom. The number of para-hydroxylation sites is 1. The molecule has 0 bridgehead atoms. The molecular weight excluding hydrogens is 196 g/mol. The van der Waals surface area contributed by atoms with Crippen LogP contribution in [-0.2, 0) is 0 Å². The van der Waals surface area contributed by atoms with Crippen LogP contribution in [0.5, 0.6) is 11.5 Å². The summed E-state index contributed by atoms with van der Waals surface area (Å²) in [5.41, 5.74) is 0.770. The molecule has 76 valence electrons. The quantitative estimate of drug-likeness (QED) is 0.748. The fourth-order valence-corrected chi connectivity index (χ4v) is 1.27. The minimum Gasteiger partial charge on any atom is -0.504 e. The third-order valence-corrected chi connectivity index (χ3v) is 2.10. The highest BCUT2D eigenvalue weighted by Crippen LogP contribution is 2.30. The van der Waals surface area contributed by atoms with E-state index in [2.05, 4.69) is 12.6 Å². The van der Waals surface area contributed by atoms with Gasteiger partial charge in [0.15, 0.2) is 11.5 Å². The molecule has 0 atom stereocenters. The van der Waals surface area contributed by atoms with Gasteiger partial charge in [0.2, 0.25) is 0 Å². The Hall–Kier alpha value is -1.09. The minimum atomic E-state index is 0.186. The lowest BCUT2D eigenvalue weighted by molar-refractivity contribution is 0.373. The van der Waals surface area contributed by atoms with Gasteiger partial charge in [-0.25, -0.2) is 0 Å². The lowest BCUT2D eigenvalue weighted by Gasteiger charge is -2.04. The molecular formula is C11H14O2S. The van der Waals surface area contributed by atoms with Crippen LogP contribution in [-0.4, -0.2) is 18.0 Å². The van der Waals surface area contributed by atoms with Crippen LogP contribution in [0.1, 0.15) is 12.0 Å². The van der Waals surface area contributed by atoms with Crippen LogP contribution in [0.2, 0.25) is 0 Å². The number of phenols is 1. The van der Waals surface area contributed by atoms with Crippen molar-refractivity contribution in [3.63, 3.8) is 0 Å². The zero-order chi connectivity index (χ0) is 10.4. The first-order chi connectivity index (χ1) is 6.79. The first-order valence-corrected chi connectivity index (χ1v) is 5.06. The summed E-state index contributed by atoms with van der Waals surface area (Å²) in [6, 6.07) is 5.41. The normalized spacial score (nSPS) is 10.7. The van der Waals surface area contributed by atoms with Crippen molar-refractivity contribution in [1.82, 2.24) is 0 Å². The largest absolute Gasteiger partial charge is 0.504 e. The smallest absolute Gasteiger partial charge is 0.165 e. The third-order valence-electron chi connectivity index (χ3n) is 1.84. The Morgan fingerprint density at radius 1 is 1.50 bits per heavy atom. The summed E-state index contributed by atoms with van der Waals surface area (Å²) < 4.78 is 4.99. The maximum absolute atomic E-state index is 9.69. The summed E-state index contributed by atoms with van der Waals surface area (Å²) in [5, 5.41) is 9.69. The molecule has 0 radical (unpaired) electrons. The van der Waals surface area contributed by atoms with Crippen LogP contribution in [0.4, 0.5) is 0 Å². The molecule has 0 spiro atoms. The number of allylic oxidation sites excluding steroid dienone is 1. The maximum atomic E-state index is 9.69. The molecule has 14 heavy (non-hydrogen) atoms. The zero-order valence-corrected chi connectivity index (χ0v) is 9.00. The molecule has 0 aliphatic rings. The Kier molecular flexibility index (Phi) is 4.40. The molecule has 0 aliphatic heterocycles. The van der Waals surface area contributed by atoms with Crippen LogP contribution in [0.3, 0.4) is 0 Å². The molecule has 0 heterocycles. The SMILES string of the molecule is COc1cccc(C=CCCS)c1O. The van der Waals surface area contributed by atoms with Gasteiger partial charge >= 0.3 is 0 Å². The lowest BCUT2D eigenvalue weighted by Crippen LogP contribution is -1.84. The fourth-order valence-electron chi connectivity index (χ4n) is 1.12. The molecule has 2 nitrogen and oxygen atoms in total. The van der Waals surface area contributed by atoms with Gasteiger partial charge in [0.1, 0.15) is 0 Å².